The summed E-state index contributed by atoms with van der Waals surface area (Å²) >= 11 is 1.75. The second-order valence-corrected chi connectivity index (χ2v) is 4.85. The van der Waals surface area contributed by atoms with Gasteiger partial charge in [0, 0.05) is 0 Å². The van der Waals surface area contributed by atoms with Gasteiger partial charge in [-0.1, -0.05) is 6.92 Å². The third-order valence-corrected chi connectivity index (χ3v) is 3.47. The predicted octanol–water partition coefficient (Wildman–Crippen LogP) is 2.54. The molecule has 2 aromatic rings. The van der Waals surface area contributed by atoms with Gasteiger partial charge in [0.05, 0.1) is 17.9 Å². The van der Waals surface area contributed by atoms with Gasteiger partial charge in [-0.3, -0.25) is 0 Å². The van der Waals surface area contributed by atoms with Crippen LogP contribution in [0.4, 0.5) is 0 Å². The molecule has 17 heavy (non-hydrogen) atoms. The van der Waals surface area contributed by atoms with E-state index in [2.05, 4.69) is 44.5 Å². The minimum atomic E-state index is 0.300. The number of hydrogen-bond donors (Lipinski definition) is 2. The van der Waals surface area contributed by atoms with Gasteiger partial charge in [0.15, 0.2) is 0 Å². The molecule has 0 radical (unpaired) electrons. The van der Waals surface area contributed by atoms with Crippen LogP contribution in [0.3, 0.4) is 0 Å². The maximum absolute atomic E-state index is 4.17. The van der Waals surface area contributed by atoms with Crippen molar-refractivity contribution in [2.45, 2.75) is 32.2 Å². The molecule has 2 aromatic heterocycles. The zero-order chi connectivity index (χ0) is 11.9. The lowest BCUT2D eigenvalue weighted by Crippen LogP contribution is -2.23. The van der Waals surface area contributed by atoms with Crippen molar-refractivity contribution < 1.29 is 0 Å². The van der Waals surface area contributed by atoms with Crippen LogP contribution in [0.15, 0.2) is 23.0 Å². The van der Waals surface area contributed by atoms with E-state index in [1.54, 1.807) is 17.5 Å². The molecule has 0 aliphatic carbocycles. The third-order valence-electron chi connectivity index (χ3n) is 2.73. The van der Waals surface area contributed by atoms with Crippen molar-refractivity contribution in [2.24, 2.45) is 0 Å². The van der Waals surface area contributed by atoms with E-state index >= 15 is 0 Å². The van der Waals surface area contributed by atoms with Crippen LogP contribution in [0.2, 0.25) is 0 Å². The fourth-order valence-corrected chi connectivity index (χ4v) is 2.50. The number of H-pyrrole nitrogens is 1. The van der Waals surface area contributed by atoms with E-state index in [0.717, 1.165) is 31.5 Å². The molecule has 92 valence electrons. The number of rotatable bonds is 7. The summed E-state index contributed by atoms with van der Waals surface area (Å²) < 4.78 is 0. The molecule has 0 bridgehead atoms. The monoisotopic (exact) mass is 250 g/mol. The number of nitrogens with one attached hydrogen (secondary N) is 2. The average molecular weight is 250 g/mol. The molecule has 4 nitrogen and oxygen atoms in total. The normalized spacial score (nSPS) is 12.8. The zero-order valence-corrected chi connectivity index (χ0v) is 10.8. The Morgan fingerprint density at radius 2 is 2.47 bits per heavy atom. The molecule has 2 N–H and O–H groups in total. The summed E-state index contributed by atoms with van der Waals surface area (Å²) in [6, 6.07) is 2.48. The Balaban J connectivity index is 1.91. The molecular weight excluding hydrogens is 232 g/mol. The number of aromatic amines is 1. The summed E-state index contributed by atoms with van der Waals surface area (Å²) in [4.78, 5) is 0. The van der Waals surface area contributed by atoms with E-state index in [1.165, 1.54) is 5.56 Å². The molecule has 0 aliphatic rings. The summed E-state index contributed by atoms with van der Waals surface area (Å²) in [5.41, 5.74) is 2.41. The SMILES string of the molecule is CCCNC(CCc1ccsc1)c1cn[nH]n1. The first kappa shape index (κ1) is 12.3. The van der Waals surface area contributed by atoms with Crippen LogP contribution < -0.4 is 5.32 Å². The highest BCUT2D eigenvalue weighted by atomic mass is 32.1. The summed E-state index contributed by atoms with van der Waals surface area (Å²) in [6.07, 6.45) is 5.08. The van der Waals surface area contributed by atoms with Crippen LogP contribution in [0.5, 0.6) is 0 Å². The maximum Gasteiger partial charge on any atom is 0.0993 e. The van der Waals surface area contributed by atoms with Gasteiger partial charge in [-0.05, 0) is 48.2 Å². The topological polar surface area (TPSA) is 53.6 Å². The maximum atomic E-state index is 4.17. The highest BCUT2D eigenvalue weighted by molar-refractivity contribution is 7.07. The van der Waals surface area contributed by atoms with Gasteiger partial charge in [-0.15, -0.1) is 0 Å². The summed E-state index contributed by atoms with van der Waals surface area (Å²) in [5, 5.41) is 18.6. The Morgan fingerprint density at radius 3 is 3.12 bits per heavy atom. The quantitative estimate of drug-likeness (QED) is 0.794. The largest absolute Gasteiger partial charge is 0.309 e. The van der Waals surface area contributed by atoms with Crippen LogP contribution in [-0.4, -0.2) is 22.0 Å². The first-order chi connectivity index (χ1) is 8.40. The highest BCUT2D eigenvalue weighted by Gasteiger charge is 2.13. The Labute approximate surface area is 105 Å². The number of aromatic nitrogens is 3. The smallest absolute Gasteiger partial charge is 0.0993 e. The summed E-state index contributed by atoms with van der Waals surface area (Å²) in [7, 11) is 0. The van der Waals surface area contributed by atoms with Crippen LogP contribution in [0.25, 0.3) is 0 Å². The Bertz CT molecular complexity index is 396. The lowest BCUT2D eigenvalue weighted by molar-refractivity contribution is 0.488. The molecule has 5 heteroatoms. The van der Waals surface area contributed by atoms with E-state index in [1.807, 2.05) is 0 Å². The molecule has 0 fully saturated rings. The molecule has 0 aliphatic heterocycles. The second-order valence-electron chi connectivity index (χ2n) is 4.07. The van der Waals surface area contributed by atoms with Gasteiger partial charge in [0.1, 0.15) is 0 Å². The molecule has 0 saturated heterocycles. The van der Waals surface area contributed by atoms with E-state index < -0.39 is 0 Å². The van der Waals surface area contributed by atoms with Gasteiger partial charge in [-0.25, -0.2) is 0 Å². The van der Waals surface area contributed by atoms with Crippen LogP contribution in [0.1, 0.15) is 37.1 Å². The van der Waals surface area contributed by atoms with Crippen molar-refractivity contribution in [3.05, 3.63) is 34.3 Å². The molecule has 0 saturated carbocycles. The number of nitrogens with zero attached hydrogens (tertiary/aromatic N) is 2. The minimum absolute atomic E-state index is 0.300. The first-order valence-corrected chi connectivity index (χ1v) is 6.94. The van der Waals surface area contributed by atoms with Crippen molar-refractivity contribution >= 4 is 11.3 Å². The van der Waals surface area contributed by atoms with Gasteiger partial charge in [-0.2, -0.15) is 26.7 Å². The van der Waals surface area contributed by atoms with E-state index in [-0.39, 0.29) is 0 Å². The van der Waals surface area contributed by atoms with Crippen molar-refractivity contribution in [1.82, 2.24) is 20.7 Å². The van der Waals surface area contributed by atoms with Gasteiger partial charge in [0.25, 0.3) is 0 Å². The predicted molar refractivity (Wildman–Crippen MR) is 70.1 cm³/mol. The Morgan fingerprint density at radius 1 is 1.53 bits per heavy atom. The summed E-state index contributed by atoms with van der Waals surface area (Å²) in [6.45, 7) is 3.19. The molecule has 2 heterocycles. The lowest BCUT2D eigenvalue weighted by atomic mass is 10.1. The number of aryl methyl sites for hydroxylation is 1. The van der Waals surface area contributed by atoms with Crippen molar-refractivity contribution in [2.75, 3.05) is 6.54 Å². The van der Waals surface area contributed by atoms with Crippen molar-refractivity contribution in [3.8, 4) is 0 Å². The number of thiophene rings is 1. The lowest BCUT2D eigenvalue weighted by Gasteiger charge is -2.15. The summed E-state index contributed by atoms with van der Waals surface area (Å²) in [5.74, 6) is 0. The molecule has 0 amide bonds. The van der Waals surface area contributed by atoms with Crippen molar-refractivity contribution in [1.29, 1.82) is 0 Å². The fraction of sp³-hybridized carbons (Fsp3) is 0.500. The fourth-order valence-electron chi connectivity index (χ4n) is 1.80. The van der Waals surface area contributed by atoms with Gasteiger partial charge in [0.2, 0.25) is 0 Å². The molecule has 2 rings (SSSR count). The highest BCUT2D eigenvalue weighted by Crippen LogP contribution is 2.17. The van der Waals surface area contributed by atoms with Gasteiger partial charge < -0.3 is 5.32 Å². The minimum Gasteiger partial charge on any atom is -0.309 e. The van der Waals surface area contributed by atoms with Crippen LogP contribution in [-0.2, 0) is 6.42 Å². The molecule has 1 unspecified atom stereocenters. The molecule has 0 spiro atoms. The van der Waals surface area contributed by atoms with E-state index in [0.29, 0.717) is 6.04 Å². The van der Waals surface area contributed by atoms with E-state index in [4.69, 9.17) is 0 Å². The van der Waals surface area contributed by atoms with E-state index in [9.17, 15) is 0 Å². The first-order valence-electron chi connectivity index (χ1n) is 6.00. The standard InChI is InChI=1S/C12H18N4S/c1-2-6-13-11(12-8-14-16-15-12)4-3-10-5-7-17-9-10/h5,7-9,11,13H,2-4,6H2,1H3,(H,14,15,16). The average Bonchev–Trinajstić information content (AvgIpc) is 3.01. The zero-order valence-electron chi connectivity index (χ0n) is 10.0. The van der Waals surface area contributed by atoms with Crippen molar-refractivity contribution in [3.63, 3.8) is 0 Å². The third kappa shape index (κ3) is 3.64. The molecular formula is C12H18N4S. The Kier molecular flexibility index (Phi) is 4.70. The second kappa shape index (κ2) is 6.51. The van der Waals surface area contributed by atoms with Crippen LogP contribution in [0, 0.1) is 0 Å². The van der Waals surface area contributed by atoms with Crippen LogP contribution >= 0.6 is 11.3 Å². The Hall–Kier alpha value is -1.20. The molecule has 1 atom stereocenters. The molecule has 0 aromatic carbocycles. The number of hydrogen-bond acceptors (Lipinski definition) is 4. The van der Waals surface area contributed by atoms with Gasteiger partial charge >= 0.3 is 0 Å².